The molecular weight excluding hydrogens is 703 g/mol. The van der Waals surface area contributed by atoms with Crippen LogP contribution in [0.2, 0.25) is 0 Å². The van der Waals surface area contributed by atoms with Crippen molar-refractivity contribution in [3.63, 3.8) is 0 Å². The Kier molecular flexibility index (Phi) is 7.64. The topological polar surface area (TPSA) is 51.8 Å². The molecule has 5 heteroatoms. The lowest BCUT2D eigenvalue weighted by molar-refractivity contribution is 0.669. The number of rotatable bonds is 6. The summed E-state index contributed by atoms with van der Waals surface area (Å²) < 4.78 is 9.14. The highest BCUT2D eigenvalue weighted by Crippen LogP contribution is 2.46. The molecular formula is C51H31N3OS. The van der Waals surface area contributed by atoms with E-state index in [4.69, 9.17) is 19.4 Å². The summed E-state index contributed by atoms with van der Waals surface area (Å²) in [4.78, 5) is 15.0. The molecule has 3 aromatic heterocycles. The van der Waals surface area contributed by atoms with Gasteiger partial charge < -0.3 is 4.42 Å². The van der Waals surface area contributed by atoms with E-state index in [1.807, 2.05) is 47.7 Å². The Morgan fingerprint density at radius 3 is 1.61 bits per heavy atom. The van der Waals surface area contributed by atoms with Crippen molar-refractivity contribution >= 4 is 53.4 Å². The fourth-order valence-electron chi connectivity index (χ4n) is 7.80. The predicted molar refractivity (Wildman–Crippen MR) is 233 cm³/mol. The van der Waals surface area contributed by atoms with Crippen molar-refractivity contribution in [1.29, 1.82) is 0 Å². The van der Waals surface area contributed by atoms with Crippen molar-refractivity contribution in [2.75, 3.05) is 0 Å². The van der Waals surface area contributed by atoms with Crippen molar-refractivity contribution in [2.45, 2.75) is 0 Å². The normalized spacial score (nSPS) is 11.6. The van der Waals surface area contributed by atoms with Crippen LogP contribution >= 0.6 is 11.3 Å². The second-order valence-corrected chi connectivity index (χ2v) is 15.0. The summed E-state index contributed by atoms with van der Waals surface area (Å²) in [5, 5.41) is 4.70. The van der Waals surface area contributed by atoms with Crippen LogP contribution in [0.3, 0.4) is 0 Å². The summed E-state index contributed by atoms with van der Waals surface area (Å²) >= 11 is 1.86. The number of hydrogen-bond acceptors (Lipinski definition) is 5. The molecule has 0 radical (unpaired) electrons. The Morgan fingerprint density at radius 2 is 0.875 bits per heavy atom. The third-order valence-electron chi connectivity index (χ3n) is 10.6. The van der Waals surface area contributed by atoms with E-state index in [1.54, 1.807) is 0 Å². The first kappa shape index (κ1) is 32.2. The van der Waals surface area contributed by atoms with Crippen molar-refractivity contribution in [1.82, 2.24) is 15.0 Å². The monoisotopic (exact) mass is 733 g/mol. The van der Waals surface area contributed by atoms with Crippen molar-refractivity contribution < 1.29 is 4.42 Å². The second kappa shape index (κ2) is 13.3. The molecule has 0 amide bonds. The molecule has 0 aliphatic heterocycles. The fourth-order valence-corrected chi connectivity index (χ4v) is 9.07. The molecule has 0 spiro atoms. The van der Waals surface area contributed by atoms with Gasteiger partial charge in [0.1, 0.15) is 11.2 Å². The van der Waals surface area contributed by atoms with Crippen LogP contribution in [0.4, 0.5) is 0 Å². The Labute approximate surface area is 327 Å². The highest BCUT2D eigenvalue weighted by Gasteiger charge is 2.19. The van der Waals surface area contributed by atoms with Crippen molar-refractivity contribution in [2.24, 2.45) is 0 Å². The first-order valence-corrected chi connectivity index (χ1v) is 19.5. The van der Waals surface area contributed by atoms with Crippen LogP contribution in [-0.4, -0.2) is 15.0 Å². The number of thiophene rings is 1. The molecule has 3 heterocycles. The van der Waals surface area contributed by atoms with Gasteiger partial charge in [-0.15, -0.1) is 11.3 Å². The first-order valence-electron chi connectivity index (χ1n) is 18.7. The van der Waals surface area contributed by atoms with Crippen LogP contribution in [0.5, 0.6) is 0 Å². The lowest BCUT2D eigenvalue weighted by Crippen LogP contribution is -2.00. The Balaban J connectivity index is 1.02. The first-order chi connectivity index (χ1) is 27.7. The largest absolute Gasteiger partial charge is 0.456 e. The summed E-state index contributed by atoms with van der Waals surface area (Å²) in [6.07, 6.45) is 0. The molecule has 0 saturated heterocycles. The molecule has 0 bridgehead atoms. The highest BCUT2D eigenvalue weighted by atomic mass is 32.1. The summed E-state index contributed by atoms with van der Waals surface area (Å²) in [6, 6.07) is 65.7. The quantitative estimate of drug-likeness (QED) is 0.171. The molecule has 0 N–H and O–H groups in total. The van der Waals surface area contributed by atoms with E-state index >= 15 is 0 Å². The zero-order valence-electron chi connectivity index (χ0n) is 30.1. The van der Waals surface area contributed by atoms with E-state index in [0.717, 1.165) is 49.8 Å². The predicted octanol–water partition coefficient (Wildman–Crippen LogP) is 14.1. The van der Waals surface area contributed by atoms with Gasteiger partial charge in [0.15, 0.2) is 17.5 Å². The summed E-state index contributed by atoms with van der Waals surface area (Å²) in [6.45, 7) is 0. The minimum absolute atomic E-state index is 0.591. The molecule has 4 nitrogen and oxygen atoms in total. The zero-order valence-corrected chi connectivity index (χ0v) is 30.9. The van der Waals surface area contributed by atoms with Gasteiger partial charge in [-0.25, -0.2) is 15.0 Å². The molecule has 0 fully saturated rings. The summed E-state index contributed by atoms with van der Waals surface area (Å²) in [5.41, 5.74) is 11.5. The van der Waals surface area contributed by atoms with E-state index in [1.165, 1.54) is 42.4 Å². The minimum atomic E-state index is 0.591. The van der Waals surface area contributed by atoms with Crippen LogP contribution in [0.25, 0.3) is 110 Å². The van der Waals surface area contributed by atoms with Crippen LogP contribution < -0.4 is 0 Å². The lowest BCUT2D eigenvalue weighted by Gasteiger charge is -2.12. The third-order valence-corrected chi connectivity index (χ3v) is 11.8. The van der Waals surface area contributed by atoms with Crippen molar-refractivity contribution in [3.8, 4) is 67.5 Å². The van der Waals surface area contributed by atoms with E-state index in [0.29, 0.717) is 17.5 Å². The van der Waals surface area contributed by atoms with Gasteiger partial charge in [-0.05, 0) is 58.1 Å². The Morgan fingerprint density at radius 1 is 0.339 bits per heavy atom. The standard InChI is InChI=1S/C51H31N3OS/c1-4-12-32(13-5-1)33-20-22-36(23-21-33)50-52-49(35-16-8-3-9-17-35)53-51(54-50)38-24-26-40-43-30-37(25-29-44(43)55-45(40)31-38)39-27-28-42-41-18-10-11-19-46(41)56-48(42)47(39)34-14-6-2-7-15-34/h1-31H. The molecule has 0 aliphatic carbocycles. The molecule has 0 unspecified atom stereocenters. The van der Waals surface area contributed by atoms with Gasteiger partial charge in [0.25, 0.3) is 0 Å². The Hall–Kier alpha value is -7.21. The van der Waals surface area contributed by atoms with Gasteiger partial charge in [0.2, 0.25) is 0 Å². The van der Waals surface area contributed by atoms with Gasteiger partial charge >= 0.3 is 0 Å². The van der Waals surface area contributed by atoms with E-state index in [2.05, 4.69) is 152 Å². The Bertz CT molecular complexity index is 3230. The molecule has 8 aromatic carbocycles. The van der Waals surface area contributed by atoms with Crippen LogP contribution in [-0.2, 0) is 0 Å². The van der Waals surface area contributed by atoms with Gasteiger partial charge in [0, 0.05) is 53.2 Å². The SMILES string of the molecule is c1ccc(-c2ccc(-c3nc(-c4ccccc4)nc(-c4ccc5c(c4)oc4ccc(-c6ccc7c(sc8ccccc87)c6-c6ccccc6)cc45)n3)cc2)cc1. The van der Waals surface area contributed by atoms with Gasteiger partial charge in [0.05, 0.1) is 0 Å². The van der Waals surface area contributed by atoms with Crippen LogP contribution in [0, 0.1) is 0 Å². The minimum Gasteiger partial charge on any atom is -0.456 e. The third kappa shape index (κ3) is 5.56. The number of aromatic nitrogens is 3. The maximum Gasteiger partial charge on any atom is 0.164 e. The smallest absolute Gasteiger partial charge is 0.164 e. The van der Waals surface area contributed by atoms with Gasteiger partial charge in [-0.3, -0.25) is 0 Å². The van der Waals surface area contributed by atoms with E-state index < -0.39 is 0 Å². The lowest BCUT2D eigenvalue weighted by atomic mass is 9.92. The molecule has 0 aliphatic rings. The maximum absolute atomic E-state index is 6.55. The highest BCUT2D eigenvalue weighted by molar-refractivity contribution is 7.26. The maximum atomic E-state index is 6.55. The average molecular weight is 734 g/mol. The average Bonchev–Trinajstić information content (AvgIpc) is 3.84. The molecule has 262 valence electrons. The number of furan rings is 1. The molecule has 0 atom stereocenters. The number of hydrogen-bond donors (Lipinski definition) is 0. The molecule has 0 saturated carbocycles. The fraction of sp³-hybridized carbons (Fsp3) is 0. The molecule has 56 heavy (non-hydrogen) atoms. The van der Waals surface area contributed by atoms with E-state index in [-0.39, 0.29) is 0 Å². The van der Waals surface area contributed by atoms with Crippen LogP contribution in [0.1, 0.15) is 0 Å². The van der Waals surface area contributed by atoms with Gasteiger partial charge in [-0.1, -0.05) is 158 Å². The zero-order chi connectivity index (χ0) is 37.0. The van der Waals surface area contributed by atoms with Crippen LogP contribution in [0.15, 0.2) is 192 Å². The van der Waals surface area contributed by atoms with Gasteiger partial charge in [-0.2, -0.15) is 0 Å². The number of fused-ring (bicyclic) bond motifs is 6. The molecule has 11 rings (SSSR count). The summed E-state index contributed by atoms with van der Waals surface area (Å²) in [7, 11) is 0. The second-order valence-electron chi connectivity index (χ2n) is 14.0. The number of nitrogens with zero attached hydrogens (tertiary/aromatic N) is 3. The van der Waals surface area contributed by atoms with E-state index in [9.17, 15) is 0 Å². The number of benzene rings is 8. The molecule has 11 aromatic rings. The summed E-state index contributed by atoms with van der Waals surface area (Å²) in [5.74, 6) is 1.83. The van der Waals surface area contributed by atoms with Crippen molar-refractivity contribution in [3.05, 3.63) is 188 Å².